The molecular weight excluding hydrogens is 727 g/mol. The number of rotatable bonds is 6. The molecule has 3 N–H and O–H groups in total. The zero-order valence-electron chi connectivity index (χ0n) is 30.8. The van der Waals surface area contributed by atoms with E-state index in [0.29, 0.717) is 38.8 Å². The minimum Gasteiger partial charge on any atom is -0.446 e. The first-order valence-electron chi connectivity index (χ1n) is 19.4. The molecule has 0 aromatic heterocycles. The molecule has 3 heterocycles. The van der Waals surface area contributed by atoms with Crippen LogP contribution in [0.15, 0.2) is 71.6 Å². The SMILES string of the molecule is O=C(N[C@H]1CCCCC/C=C\[C@H]2C[C@]2(C(=O)NS(=O)(=O)c2ccccc2)NC(=O)[C@@H]2C[C@@H](OC(=O)N3CCc4ccccc4C3)CN2C1=O)OC1CCCC1. The Morgan fingerprint density at radius 1 is 0.855 bits per heavy atom. The minimum absolute atomic E-state index is 0.0620. The van der Waals surface area contributed by atoms with Crippen LogP contribution < -0.4 is 15.4 Å². The van der Waals surface area contributed by atoms with Crippen molar-refractivity contribution in [2.45, 2.75) is 118 Å². The Morgan fingerprint density at radius 2 is 1.58 bits per heavy atom. The third kappa shape index (κ3) is 8.82. The van der Waals surface area contributed by atoms with Gasteiger partial charge in [-0.2, -0.15) is 0 Å². The number of amides is 5. The van der Waals surface area contributed by atoms with Crippen molar-refractivity contribution in [2.24, 2.45) is 5.92 Å². The van der Waals surface area contributed by atoms with Crippen molar-refractivity contribution in [3.05, 3.63) is 77.9 Å². The van der Waals surface area contributed by atoms with Crippen LogP contribution >= 0.6 is 0 Å². The molecule has 7 rings (SSSR count). The number of carbonyl (C=O) groups is 5. The van der Waals surface area contributed by atoms with Crippen molar-refractivity contribution < 1.29 is 41.9 Å². The summed E-state index contributed by atoms with van der Waals surface area (Å²) in [6.07, 6.45) is 8.69. The van der Waals surface area contributed by atoms with Crippen LogP contribution in [0.5, 0.6) is 0 Å². The monoisotopic (exact) mass is 775 g/mol. The normalized spacial score (nSPS) is 27.9. The molecule has 5 aliphatic rings. The summed E-state index contributed by atoms with van der Waals surface area (Å²) in [6.45, 7) is 0.693. The third-order valence-corrected chi connectivity index (χ3v) is 12.8. The number of alkyl carbamates (subject to hydrolysis) is 1. The Morgan fingerprint density at radius 3 is 2.36 bits per heavy atom. The van der Waals surface area contributed by atoms with Gasteiger partial charge in [-0.3, -0.25) is 14.4 Å². The van der Waals surface area contributed by atoms with Gasteiger partial charge in [0.15, 0.2) is 0 Å². The number of hydrogen-bond donors (Lipinski definition) is 3. The number of carbonyl (C=O) groups excluding carboxylic acids is 5. The summed E-state index contributed by atoms with van der Waals surface area (Å²) in [5.74, 6) is -2.60. The number of benzene rings is 2. The fourth-order valence-corrected chi connectivity index (χ4v) is 9.30. The molecule has 3 aliphatic heterocycles. The second-order valence-electron chi connectivity index (χ2n) is 15.3. The molecule has 14 nitrogen and oxygen atoms in total. The van der Waals surface area contributed by atoms with Crippen molar-refractivity contribution in [2.75, 3.05) is 13.1 Å². The lowest BCUT2D eigenvalue weighted by molar-refractivity contribution is -0.141. The van der Waals surface area contributed by atoms with Crippen LogP contribution in [-0.2, 0) is 46.8 Å². The van der Waals surface area contributed by atoms with E-state index in [4.69, 9.17) is 9.47 Å². The lowest BCUT2D eigenvalue weighted by atomic mass is 10.0. The maximum Gasteiger partial charge on any atom is 0.410 e. The van der Waals surface area contributed by atoms with Crippen LogP contribution in [0.1, 0.15) is 81.8 Å². The molecular formula is C40H49N5O9S. The minimum atomic E-state index is -4.26. The predicted molar refractivity (Wildman–Crippen MR) is 200 cm³/mol. The zero-order valence-corrected chi connectivity index (χ0v) is 31.6. The van der Waals surface area contributed by atoms with E-state index in [1.54, 1.807) is 23.1 Å². The van der Waals surface area contributed by atoms with Gasteiger partial charge in [-0.25, -0.2) is 22.7 Å². The van der Waals surface area contributed by atoms with E-state index in [-0.39, 0.29) is 30.4 Å². The Hall–Kier alpha value is -4.92. The fourth-order valence-electron chi connectivity index (χ4n) is 8.24. The van der Waals surface area contributed by atoms with Crippen LogP contribution in [0.2, 0.25) is 0 Å². The first kappa shape index (κ1) is 38.4. The second-order valence-corrected chi connectivity index (χ2v) is 17.0. The summed E-state index contributed by atoms with van der Waals surface area (Å²) >= 11 is 0. The maximum atomic E-state index is 14.5. The van der Waals surface area contributed by atoms with Gasteiger partial charge < -0.3 is 29.9 Å². The first-order chi connectivity index (χ1) is 26.5. The molecule has 2 aromatic carbocycles. The van der Waals surface area contributed by atoms with Gasteiger partial charge in [-0.1, -0.05) is 67.5 Å². The molecule has 0 unspecified atom stereocenters. The number of fused-ring (bicyclic) bond motifs is 3. The Balaban J connectivity index is 1.13. The van der Waals surface area contributed by atoms with Crippen molar-refractivity contribution in [3.63, 3.8) is 0 Å². The summed E-state index contributed by atoms with van der Waals surface area (Å²) in [4.78, 5) is 72.1. The molecule has 3 fully saturated rings. The van der Waals surface area contributed by atoms with Crippen LogP contribution in [0.4, 0.5) is 9.59 Å². The molecule has 2 saturated carbocycles. The average molecular weight is 776 g/mol. The second kappa shape index (κ2) is 16.4. The zero-order chi connectivity index (χ0) is 38.6. The van der Waals surface area contributed by atoms with Crippen molar-refractivity contribution in [1.82, 2.24) is 25.2 Å². The summed E-state index contributed by atoms with van der Waals surface area (Å²) in [7, 11) is -4.26. The number of nitrogens with zero attached hydrogens (tertiary/aromatic N) is 2. The number of hydrogen-bond acceptors (Lipinski definition) is 9. The smallest absolute Gasteiger partial charge is 0.410 e. The first-order valence-corrected chi connectivity index (χ1v) is 20.9. The summed E-state index contributed by atoms with van der Waals surface area (Å²) in [6, 6.07) is 13.1. The highest BCUT2D eigenvalue weighted by Crippen LogP contribution is 2.46. The molecule has 55 heavy (non-hydrogen) atoms. The Labute approximate surface area is 321 Å². The molecule has 2 aliphatic carbocycles. The van der Waals surface area contributed by atoms with Gasteiger partial charge in [0.25, 0.3) is 15.9 Å². The Kier molecular flexibility index (Phi) is 11.5. The van der Waals surface area contributed by atoms with Gasteiger partial charge in [-0.05, 0) is 81.0 Å². The third-order valence-electron chi connectivity index (χ3n) is 11.4. The van der Waals surface area contributed by atoms with Crippen molar-refractivity contribution in [3.8, 4) is 0 Å². The van der Waals surface area contributed by atoms with Gasteiger partial charge >= 0.3 is 12.2 Å². The van der Waals surface area contributed by atoms with Crippen LogP contribution in [0, 0.1) is 5.92 Å². The summed E-state index contributed by atoms with van der Waals surface area (Å²) in [5, 5.41) is 5.60. The van der Waals surface area contributed by atoms with E-state index in [2.05, 4.69) is 15.4 Å². The van der Waals surface area contributed by atoms with Gasteiger partial charge in [0, 0.05) is 25.4 Å². The van der Waals surface area contributed by atoms with Crippen LogP contribution in [0.3, 0.4) is 0 Å². The van der Waals surface area contributed by atoms with E-state index in [1.807, 2.05) is 36.4 Å². The predicted octanol–water partition coefficient (Wildman–Crippen LogP) is 4.09. The molecule has 0 spiro atoms. The highest BCUT2D eigenvalue weighted by Gasteiger charge is 2.61. The van der Waals surface area contributed by atoms with E-state index in [1.165, 1.54) is 17.0 Å². The van der Waals surface area contributed by atoms with Gasteiger partial charge in [-0.15, -0.1) is 0 Å². The molecule has 1 saturated heterocycles. The molecule has 5 amide bonds. The van der Waals surface area contributed by atoms with E-state index < -0.39 is 69.6 Å². The average Bonchev–Trinajstić information content (AvgIpc) is 3.44. The van der Waals surface area contributed by atoms with Crippen molar-refractivity contribution in [1.29, 1.82) is 0 Å². The summed E-state index contributed by atoms with van der Waals surface area (Å²) < 4.78 is 40.2. The number of nitrogens with one attached hydrogen (secondary N) is 3. The highest BCUT2D eigenvalue weighted by molar-refractivity contribution is 7.90. The maximum absolute atomic E-state index is 14.5. The standard InChI is InChI=1S/C40H49N5O9S/c46-35-34-23-31(54-39(50)44-22-21-27-13-9-10-14-28(27)25-44)26-45(34)36(47)33(41-38(49)53-30-16-11-12-17-30)20-8-3-1-2-5-15-29-24-40(29,42-35)37(48)43-55(51,52)32-18-6-4-7-19-32/h4-7,9-10,13-15,18-19,29-31,33-34H,1-3,8,11-12,16-17,20-26H2,(H,41,49)(H,42,46)(H,43,48)/b15-5-/t29-,31+,33-,34-,40-/m0/s1. The quantitative estimate of drug-likeness (QED) is 0.365. The summed E-state index contributed by atoms with van der Waals surface area (Å²) in [5.41, 5.74) is 0.584. The van der Waals surface area contributed by atoms with E-state index in [9.17, 15) is 32.4 Å². The molecule has 2 aromatic rings. The van der Waals surface area contributed by atoms with Crippen molar-refractivity contribution >= 4 is 39.9 Å². The number of allylic oxidation sites excluding steroid dienone is 1. The lowest BCUT2D eigenvalue weighted by Crippen LogP contribution is -2.58. The molecule has 0 bridgehead atoms. The Bertz CT molecular complexity index is 1920. The van der Waals surface area contributed by atoms with E-state index in [0.717, 1.165) is 49.7 Å². The largest absolute Gasteiger partial charge is 0.446 e. The fraction of sp³-hybridized carbons (Fsp3) is 0.525. The highest BCUT2D eigenvalue weighted by atomic mass is 32.2. The van der Waals surface area contributed by atoms with Gasteiger partial charge in [0.1, 0.15) is 29.8 Å². The van der Waals surface area contributed by atoms with Crippen LogP contribution in [0.25, 0.3) is 0 Å². The molecule has 5 atom stereocenters. The lowest BCUT2D eigenvalue weighted by Gasteiger charge is -2.30. The van der Waals surface area contributed by atoms with Crippen LogP contribution in [-0.4, -0.2) is 91.0 Å². The van der Waals surface area contributed by atoms with Gasteiger partial charge in [0.05, 0.1) is 11.4 Å². The molecule has 294 valence electrons. The molecule has 0 radical (unpaired) electrons. The molecule has 15 heteroatoms. The van der Waals surface area contributed by atoms with Gasteiger partial charge in [0.2, 0.25) is 11.8 Å². The van der Waals surface area contributed by atoms with E-state index >= 15 is 0 Å². The topological polar surface area (TPSA) is 181 Å². The number of sulfonamides is 1. The number of ether oxygens (including phenoxy) is 2.